The molecule has 170 valence electrons. The molecule has 2 aromatic carbocycles. The van der Waals surface area contributed by atoms with E-state index in [0.717, 1.165) is 5.75 Å². The van der Waals surface area contributed by atoms with Gasteiger partial charge in [0.2, 0.25) is 11.8 Å². The highest BCUT2D eigenvalue weighted by Crippen LogP contribution is 2.43. The van der Waals surface area contributed by atoms with Crippen molar-refractivity contribution in [1.82, 2.24) is 10.3 Å². The molecule has 1 aliphatic rings. The van der Waals surface area contributed by atoms with E-state index in [0.29, 0.717) is 35.4 Å². The van der Waals surface area contributed by atoms with E-state index in [1.807, 2.05) is 25.1 Å². The number of ether oxygens (including phenoxy) is 3. The van der Waals surface area contributed by atoms with E-state index in [9.17, 15) is 9.59 Å². The quantitative estimate of drug-likeness (QED) is 0.637. The molecule has 1 atom stereocenters. The van der Waals surface area contributed by atoms with E-state index in [1.165, 1.54) is 41.7 Å². The molecule has 0 spiro atoms. The van der Waals surface area contributed by atoms with Crippen LogP contribution in [0, 0.1) is 13.8 Å². The monoisotopic (exact) mass is 457 g/mol. The number of nitrogens with one attached hydrogen (secondary N) is 1. The van der Waals surface area contributed by atoms with E-state index in [-0.39, 0.29) is 11.8 Å². The highest BCUT2D eigenvalue weighted by molar-refractivity contribution is 8.14. The van der Waals surface area contributed by atoms with Crippen LogP contribution in [0.5, 0.6) is 17.2 Å². The van der Waals surface area contributed by atoms with Crippen LogP contribution in [0.25, 0.3) is 0 Å². The second kappa shape index (κ2) is 10.4. The molecule has 32 heavy (non-hydrogen) atoms. The minimum atomic E-state index is -0.500. The Labute approximate surface area is 191 Å². The minimum Gasteiger partial charge on any atom is -0.497 e. The third-order valence-electron chi connectivity index (χ3n) is 4.82. The molecule has 8 nitrogen and oxygen atoms in total. The Balaban J connectivity index is 1.74. The van der Waals surface area contributed by atoms with Crippen LogP contribution >= 0.6 is 11.8 Å². The number of amidine groups is 1. The Morgan fingerprint density at radius 1 is 1.03 bits per heavy atom. The molecule has 0 bridgehead atoms. The molecule has 0 aromatic heterocycles. The van der Waals surface area contributed by atoms with Crippen LogP contribution in [0.1, 0.15) is 35.9 Å². The average Bonchev–Trinajstić information content (AvgIpc) is 3.17. The summed E-state index contributed by atoms with van der Waals surface area (Å²) in [4.78, 5) is 23.6. The number of benzene rings is 2. The third-order valence-corrected chi connectivity index (χ3v) is 5.90. The molecule has 9 heteroatoms. The molecule has 2 aromatic rings. The Kier molecular flexibility index (Phi) is 7.63. The van der Waals surface area contributed by atoms with Crippen LogP contribution in [0.4, 0.5) is 0 Å². The van der Waals surface area contributed by atoms with Crippen LogP contribution in [0.3, 0.4) is 0 Å². The lowest BCUT2D eigenvalue weighted by atomic mass is 10.1. The van der Waals surface area contributed by atoms with Crippen LogP contribution in [-0.4, -0.2) is 42.3 Å². The number of rotatable bonds is 7. The zero-order valence-corrected chi connectivity index (χ0v) is 19.6. The summed E-state index contributed by atoms with van der Waals surface area (Å²) in [6.45, 7) is 7.58. The molecule has 1 N–H and O–H groups in total. The predicted octanol–water partition coefficient (Wildman–Crippen LogP) is 3.77. The SMILES string of the molecule is COc1ccc(OCCOc2ccc(C)c(C)c2)c(C2SC(NC(C)=O)=NN2C(C)=O)c1. The number of methoxy groups -OCH3 is 1. The maximum Gasteiger partial charge on any atom is 0.241 e. The summed E-state index contributed by atoms with van der Waals surface area (Å²) in [6.07, 6.45) is 0. The predicted molar refractivity (Wildman–Crippen MR) is 124 cm³/mol. The van der Waals surface area contributed by atoms with Gasteiger partial charge in [0, 0.05) is 19.4 Å². The molecule has 0 saturated heterocycles. The van der Waals surface area contributed by atoms with Crippen LogP contribution in [0.2, 0.25) is 0 Å². The van der Waals surface area contributed by atoms with Gasteiger partial charge in [-0.25, -0.2) is 5.01 Å². The van der Waals surface area contributed by atoms with Crippen molar-refractivity contribution in [3.63, 3.8) is 0 Å². The minimum absolute atomic E-state index is 0.255. The second-order valence-corrected chi connectivity index (χ2v) is 8.34. The number of hydrogen-bond donors (Lipinski definition) is 1. The molecular formula is C23H27N3O5S. The molecular weight excluding hydrogens is 430 g/mol. The van der Waals surface area contributed by atoms with Crippen molar-refractivity contribution in [2.45, 2.75) is 33.1 Å². The van der Waals surface area contributed by atoms with Gasteiger partial charge < -0.3 is 19.5 Å². The molecule has 3 rings (SSSR count). The fraction of sp³-hybridized carbons (Fsp3) is 0.348. The molecule has 2 amide bonds. The fourth-order valence-corrected chi connectivity index (χ4v) is 4.21. The maximum atomic E-state index is 12.2. The molecule has 0 radical (unpaired) electrons. The number of amides is 2. The van der Waals surface area contributed by atoms with Gasteiger partial charge in [-0.2, -0.15) is 0 Å². The smallest absolute Gasteiger partial charge is 0.241 e. The summed E-state index contributed by atoms with van der Waals surface area (Å²) < 4.78 is 17.2. The van der Waals surface area contributed by atoms with Crippen molar-refractivity contribution < 1.29 is 23.8 Å². The first-order valence-corrected chi connectivity index (χ1v) is 11.0. The van der Waals surface area contributed by atoms with Gasteiger partial charge in [-0.15, -0.1) is 5.10 Å². The Hall–Kier alpha value is -3.20. The molecule has 0 aliphatic carbocycles. The van der Waals surface area contributed by atoms with Crippen LogP contribution in [-0.2, 0) is 9.59 Å². The van der Waals surface area contributed by atoms with Gasteiger partial charge in [-0.3, -0.25) is 9.59 Å². The first kappa shape index (κ1) is 23.5. The number of carbonyl (C=O) groups is 2. The normalized spacial score (nSPS) is 15.2. The number of nitrogens with zero attached hydrogens (tertiary/aromatic N) is 2. The molecule has 0 fully saturated rings. The van der Waals surface area contributed by atoms with Crippen molar-refractivity contribution in [3.05, 3.63) is 53.1 Å². The van der Waals surface area contributed by atoms with Crippen molar-refractivity contribution in [3.8, 4) is 17.2 Å². The highest BCUT2D eigenvalue weighted by atomic mass is 32.2. The standard InChI is InChI=1S/C23H27N3O5S/c1-14-6-7-19(12-15(14)2)30-10-11-31-21-9-8-18(29-5)13-20(21)22-26(17(4)28)25-23(32-22)24-16(3)27/h6-9,12-13,22H,10-11H2,1-5H3,(H,24,25,27). The van der Waals surface area contributed by atoms with Gasteiger partial charge in [0.25, 0.3) is 0 Å². The molecule has 1 aliphatic heterocycles. The van der Waals surface area contributed by atoms with Crippen molar-refractivity contribution in [1.29, 1.82) is 0 Å². The first-order chi connectivity index (χ1) is 15.3. The molecule has 0 saturated carbocycles. The van der Waals surface area contributed by atoms with Gasteiger partial charge in [-0.1, -0.05) is 17.8 Å². The van der Waals surface area contributed by atoms with Gasteiger partial charge in [-0.05, 0) is 55.3 Å². The molecule has 1 unspecified atom stereocenters. The van der Waals surface area contributed by atoms with Crippen LogP contribution in [0.15, 0.2) is 41.5 Å². The van der Waals surface area contributed by atoms with Crippen molar-refractivity contribution in [2.24, 2.45) is 5.10 Å². The lowest BCUT2D eigenvalue weighted by molar-refractivity contribution is -0.129. The molecule has 1 heterocycles. The van der Waals surface area contributed by atoms with Crippen molar-refractivity contribution >= 4 is 28.7 Å². The first-order valence-electron chi connectivity index (χ1n) is 10.1. The average molecular weight is 458 g/mol. The maximum absolute atomic E-state index is 12.2. The highest BCUT2D eigenvalue weighted by Gasteiger charge is 2.34. The van der Waals surface area contributed by atoms with E-state index in [2.05, 4.69) is 17.3 Å². The number of hydrazone groups is 1. The summed E-state index contributed by atoms with van der Waals surface area (Å²) in [5.41, 5.74) is 3.08. The number of aryl methyl sites for hydroxylation is 2. The summed E-state index contributed by atoms with van der Waals surface area (Å²) >= 11 is 1.26. The van der Waals surface area contributed by atoms with Gasteiger partial charge in [0.15, 0.2) is 5.17 Å². The topological polar surface area (TPSA) is 89.5 Å². The van der Waals surface area contributed by atoms with Crippen LogP contribution < -0.4 is 19.5 Å². The lowest BCUT2D eigenvalue weighted by Gasteiger charge is -2.22. The van der Waals surface area contributed by atoms with Crippen molar-refractivity contribution in [2.75, 3.05) is 20.3 Å². The van der Waals surface area contributed by atoms with Gasteiger partial charge in [0.1, 0.15) is 35.8 Å². The Morgan fingerprint density at radius 3 is 2.41 bits per heavy atom. The summed E-state index contributed by atoms with van der Waals surface area (Å²) in [5, 5.41) is 8.06. The third kappa shape index (κ3) is 5.73. The number of carbonyl (C=O) groups excluding carboxylic acids is 2. The lowest BCUT2D eigenvalue weighted by Crippen LogP contribution is -2.25. The van der Waals surface area contributed by atoms with Gasteiger partial charge in [0.05, 0.1) is 7.11 Å². The fourth-order valence-electron chi connectivity index (χ4n) is 3.06. The number of thioether (sulfide) groups is 1. The van der Waals surface area contributed by atoms with E-state index >= 15 is 0 Å². The summed E-state index contributed by atoms with van der Waals surface area (Å²) in [5.74, 6) is 1.48. The number of hydrogen-bond acceptors (Lipinski definition) is 7. The zero-order chi connectivity index (χ0) is 23.3. The zero-order valence-electron chi connectivity index (χ0n) is 18.8. The Bertz CT molecular complexity index is 1040. The van der Waals surface area contributed by atoms with Gasteiger partial charge >= 0.3 is 0 Å². The Morgan fingerprint density at radius 2 is 1.75 bits per heavy atom. The van der Waals surface area contributed by atoms with E-state index < -0.39 is 5.37 Å². The van der Waals surface area contributed by atoms with E-state index in [1.54, 1.807) is 25.3 Å². The van der Waals surface area contributed by atoms with E-state index in [4.69, 9.17) is 14.2 Å². The summed E-state index contributed by atoms with van der Waals surface area (Å²) in [7, 11) is 1.57. The largest absolute Gasteiger partial charge is 0.497 e. The second-order valence-electron chi connectivity index (χ2n) is 7.27. The summed E-state index contributed by atoms with van der Waals surface area (Å²) in [6, 6.07) is 11.3.